The van der Waals surface area contributed by atoms with E-state index in [0.29, 0.717) is 12.3 Å². The SMILES string of the molecule is CCC1CCCCC1(O)Cc1c(Cl)c(C)nn1CC. The highest BCUT2D eigenvalue weighted by Crippen LogP contribution is 2.39. The summed E-state index contributed by atoms with van der Waals surface area (Å²) in [6.45, 7) is 6.97. The van der Waals surface area contributed by atoms with Crippen molar-refractivity contribution in [3.8, 4) is 0 Å². The largest absolute Gasteiger partial charge is 0.389 e. The van der Waals surface area contributed by atoms with Crippen LogP contribution in [0.15, 0.2) is 0 Å². The van der Waals surface area contributed by atoms with Gasteiger partial charge in [0.05, 0.1) is 22.0 Å². The fourth-order valence-corrected chi connectivity index (χ4v) is 3.64. The second-order valence-electron chi connectivity index (χ2n) is 5.79. The van der Waals surface area contributed by atoms with Crippen molar-refractivity contribution in [3.63, 3.8) is 0 Å². The summed E-state index contributed by atoms with van der Waals surface area (Å²) in [4.78, 5) is 0. The number of aliphatic hydroxyl groups is 1. The van der Waals surface area contributed by atoms with Gasteiger partial charge in [-0.05, 0) is 32.6 Å². The third-order valence-electron chi connectivity index (χ3n) is 4.59. The highest BCUT2D eigenvalue weighted by atomic mass is 35.5. The predicted molar refractivity (Wildman–Crippen MR) is 78.6 cm³/mol. The summed E-state index contributed by atoms with van der Waals surface area (Å²) in [5, 5.41) is 16.2. The quantitative estimate of drug-likeness (QED) is 0.915. The molecule has 2 atom stereocenters. The minimum absolute atomic E-state index is 0.387. The lowest BCUT2D eigenvalue weighted by molar-refractivity contribution is -0.0504. The number of hydrogen-bond donors (Lipinski definition) is 1. The molecular formula is C15H25ClN2O. The molecule has 2 unspecified atom stereocenters. The zero-order chi connectivity index (χ0) is 14.0. The van der Waals surface area contributed by atoms with Crippen molar-refractivity contribution < 1.29 is 5.11 Å². The number of rotatable bonds is 4. The average Bonchev–Trinajstić information content (AvgIpc) is 2.66. The van der Waals surface area contributed by atoms with Crippen LogP contribution in [0.4, 0.5) is 0 Å². The van der Waals surface area contributed by atoms with Crippen LogP contribution in [0, 0.1) is 12.8 Å². The molecule has 0 saturated heterocycles. The van der Waals surface area contributed by atoms with E-state index in [4.69, 9.17) is 11.6 Å². The molecule has 0 aromatic carbocycles. The van der Waals surface area contributed by atoms with Gasteiger partial charge in [0, 0.05) is 13.0 Å². The smallest absolute Gasteiger partial charge is 0.0848 e. The van der Waals surface area contributed by atoms with Gasteiger partial charge in [-0.25, -0.2) is 0 Å². The van der Waals surface area contributed by atoms with Crippen molar-refractivity contribution in [2.75, 3.05) is 0 Å². The maximum absolute atomic E-state index is 11.0. The fraction of sp³-hybridized carbons (Fsp3) is 0.800. The van der Waals surface area contributed by atoms with Gasteiger partial charge in [0.25, 0.3) is 0 Å². The minimum Gasteiger partial charge on any atom is -0.389 e. The van der Waals surface area contributed by atoms with Crippen LogP contribution in [0.3, 0.4) is 0 Å². The molecule has 0 radical (unpaired) electrons. The molecule has 2 rings (SSSR count). The Hall–Kier alpha value is -0.540. The lowest BCUT2D eigenvalue weighted by Crippen LogP contribution is -2.43. The van der Waals surface area contributed by atoms with Crippen molar-refractivity contribution in [2.45, 2.75) is 71.4 Å². The lowest BCUT2D eigenvalue weighted by Gasteiger charge is -2.40. The van der Waals surface area contributed by atoms with Gasteiger partial charge in [-0.2, -0.15) is 5.10 Å². The van der Waals surface area contributed by atoms with Crippen LogP contribution >= 0.6 is 11.6 Å². The molecule has 0 amide bonds. The average molecular weight is 285 g/mol. The second kappa shape index (κ2) is 5.84. The van der Waals surface area contributed by atoms with Gasteiger partial charge >= 0.3 is 0 Å². The summed E-state index contributed by atoms with van der Waals surface area (Å²) < 4.78 is 1.94. The van der Waals surface area contributed by atoms with Crippen molar-refractivity contribution in [3.05, 3.63) is 16.4 Å². The molecule has 0 bridgehead atoms. The summed E-state index contributed by atoms with van der Waals surface area (Å²) in [6.07, 6.45) is 6.04. The van der Waals surface area contributed by atoms with Gasteiger partial charge in [0.2, 0.25) is 0 Å². The first-order valence-corrected chi connectivity index (χ1v) is 7.83. The van der Waals surface area contributed by atoms with E-state index in [1.807, 2.05) is 11.6 Å². The van der Waals surface area contributed by atoms with Crippen LogP contribution < -0.4 is 0 Å². The molecule has 3 nitrogen and oxygen atoms in total. The van der Waals surface area contributed by atoms with Gasteiger partial charge in [-0.1, -0.05) is 37.8 Å². The summed E-state index contributed by atoms with van der Waals surface area (Å²) >= 11 is 6.37. The Morgan fingerprint density at radius 2 is 2.16 bits per heavy atom. The molecule has 1 aliphatic rings. The number of halogens is 1. The van der Waals surface area contributed by atoms with Gasteiger partial charge < -0.3 is 5.11 Å². The summed E-state index contributed by atoms with van der Waals surface area (Å²) in [5.41, 5.74) is 1.27. The zero-order valence-electron chi connectivity index (χ0n) is 12.2. The van der Waals surface area contributed by atoms with E-state index in [1.165, 1.54) is 6.42 Å². The van der Waals surface area contributed by atoms with Crippen LogP contribution in [-0.2, 0) is 13.0 Å². The van der Waals surface area contributed by atoms with Crippen molar-refractivity contribution in [1.82, 2.24) is 9.78 Å². The van der Waals surface area contributed by atoms with Crippen LogP contribution in [0.1, 0.15) is 57.3 Å². The highest BCUT2D eigenvalue weighted by molar-refractivity contribution is 6.31. The second-order valence-corrected chi connectivity index (χ2v) is 6.17. The Kier molecular flexibility index (Phi) is 4.57. The van der Waals surface area contributed by atoms with Gasteiger partial charge in [0.1, 0.15) is 0 Å². The molecule has 1 saturated carbocycles. The number of aryl methyl sites for hydroxylation is 2. The molecule has 108 valence electrons. The van der Waals surface area contributed by atoms with E-state index in [1.54, 1.807) is 0 Å². The monoisotopic (exact) mass is 284 g/mol. The van der Waals surface area contributed by atoms with Gasteiger partial charge in [0.15, 0.2) is 0 Å². The molecule has 1 aromatic rings. The first kappa shape index (κ1) is 14.9. The zero-order valence-corrected chi connectivity index (χ0v) is 13.0. The molecule has 1 aliphatic carbocycles. The van der Waals surface area contributed by atoms with E-state index >= 15 is 0 Å². The molecule has 1 N–H and O–H groups in total. The van der Waals surface area contributed by atoms with E-state index in [2.05, 4.69) is 18.9 Å². The number of hydrogen-bond acceptors (Lipinski definition) is 2. The maximum atomic E-state index is 11.0. The van der Waals surface area contributed by atoms with Crippen LogP contribution in [-0.4, -0.2) is 20.5 Å². The lowest BCUT2D eigenvalue weighted by atomic mass is 9.72. The Bertz CT molecular complexity index is 444. The molecule has 4 heteroatoms. The minimum atomic E-state index is -0.601. The standard InChI is InChI=1S/C15H25ClN2O/c1-4-12-8-6-7-9-15(12,19)10-13-14(16)11(3)17-18(13)5-2/h12,19H,4-10H2,1-3H3. The first-order chi connectivity index (χ1) is 9.01. The summed E-state index contributed by atoms with van der Waals surface area (Å²) in [6, 6.07) is 0. The van der Waals surface area contributed by atoms with Crippen LogP contribution in [0.5, 0.6) is 0 Å². The fourth-order valence-electron chi connectivity index (χ4n) is 3.44. The van der Waals surface area contributed by atoms with Crippen LogP contribution in [0.25, 0.3) is 0 Å². The Morgan fingerprint density at radius 3 is 2.79 bits per heavy atom. The molecule has 0 aliphatic heterocycles. The third kappa shape index (κ3) is 2.82. The summed E-state index contributed by atoms with van der Waals surface area (Å²) in [5.74, 6) is 0.387. The van der Waals surface area contributed by atoms with Crippen molar-refractivity contribution in [1.29, 1.82) is 0 Å². The van der Waals surface area contributed by atoms with E-state index in [9.17, 15) is 5.11 Å². The van der Waals surface area contributed by atoms with Gasteiger partial charge in [-0.3, -0.25) is 4.68 Å². The third-order valence-corrected chi connectivity index (χ3v) is 5.08. The molecule has 1 aromatic heterocycles. The van der Waals surface area contributed by atoms with E-state index < -0.39 is 5.60 Å². The van der Waals surface area contributed by atoms with Crippen molar-refractivity contribution >= 4 is 11.6 Å². The van der Waals surface area contributed by atoms with Gasteiger partial charge in [-0.15, -0.1) is 0 Å². The maximum Gasteiger partial charge on any atom is 0.0848 e. The first-order valence-electron chi connectivity index (χ1n) is 7.46. The summed E-state index contributed by atoms with van der Waals surface area (Å²) in [7, 11) is 0. The van der Waals surface area contributed by atoms with Crippen molar-refractivity contribution in [2.24, 2.45) is 5.92 Å². The van der Waals surface area contributed by atoms with E-state index in [-0.39, 0.29) is 0 Å². The normalized spacial score (nSPS) is 27.7. The Balaban J connectivity index is 2.28. The topological polar surface area (TPSA) is 38.1 Å². The molecule has 1 fully saturated rings. The molecule has 19 heavy (non-hydrogen) atoms. The highest BCUT2D eigenvalue weighted by Gasteiger charge is 2.39. The number of nitrogens with zero attached hydrogens (tertiary/aromatic N) is 2. The molecule has 1 heterocycles. The Morgan fingerprint density at radius 1 is 1.42 bits per heavy atom. The predicted octanol–water partition coefficient (Wildman–Crippen LogP) is 3.74. The molecule has 0 spiro atoms. The van der Waals surface area contributed by atoms with E-state index in [0.717, 1.165) is 48.6 Å². The number of aromatic nitrogens is 2. The molecular weight excluding hydrogens is 260 g/mol. The van der Waals surface area contributed by atoms with Crippen LogP contribution in [0.2, 0.25) is 5.02 Å². The Labute approximate surface area is 121 Å².